The van der Waals surface area contributed by atoms with Crippen LogP contribution in [0.1, 0.15) is 62.2 Å². The Hall–Kier alpha value is -0.930. The summed E-state index contributed by atoms with van der Waals surface area (Å²) in [6.45, 7) is 15.7. The summed E-state index contributed by atoms with van der Waals surface area (Å²) in [5.74, 6) is 0. The molecule has 0 amide bonds. The lowest BCUT2D eigenvalue weighted by Crippen LogP contribution is -2.45. The molecule has 1 atom stereocenters. The smallest absolute Gasteiger partial charge is 0.0426 e. The first-order valence-corrected chi connectivity index (χ1v) is 8.33. The van der Waals surface area contributed by atoms with E-state index in [0.29, 0.717) is 18.1 Å². The van der Waals surface area contributed by atoms with Crippen LogP contribution in [0, 0.1) is 20.8 Å². The number of nitrogens with one attached hydrogen (secondary N) is 1. The number of rotatable bonds is 4. The number of aryl methyl sites for hydroxylation is 3. The van der Waals surface area contributed by atoms with Crippen molar-refractivity contribution < 1.29 is 0 Å². The Morgan fingerprint density at radius 1 is 1.14 bits per heavy atom. The molecule has 1 aliphatic rings. The second kappa shape index (κ2) is 6.89. The molecule has 2 rings (SSSR count). The Morgan fingerprint density at radius 3 is 2.29 bits per heavy atom. The van der Waals surface area contributed by atoms with Crippen LogP contribution in [-0.4, -0.2) is 35.1 Å². The Labute approximate surface area is 130 Å². The van der Waals surface area contributed by atoms with Crippen LogP contribution in [0.2, 0.25) is 0 Å². The third kappa shape index (κ3) is 4.04. The van der Waals surface area contributed by atoms with E-state index in [4.69, 9.17) is 0 Å². The van der Waals surface area contributed by atoms with Gasteiger partial charge in [0.25, 0.3) is 0 Å². The molecule has 2 heterocycles. The van der Waals surface area contributed by atoms with Gasteiger partial charge in [0.2, 0.25) is 0 Å². The van der Waals surface area contributed by atoms with Gasteiger partial charge < -0.3 is 10.2 Å². The standard InChI is InChI=1S/C18H31N3/c1-12(2)21-9-7-17(8-10-21)20-16(6)18-13(3)11-14(4)19-15(18)5/h11-12,16-17,20H,7-10H2,1-6H3. The van der Waals surface area contributed by atoms with E-state index in [9.17, 15) is 0 Å². The Bertz CT molecular complexity index is 450. The fourth-order valence-electron chi connectivity index (χ4n) is 3.71. The van der Waals surface area contributed by atoms with Crippen LogP contribution < -0.4 is 5.32 Å². The second-order valence-corrected chi connectivity index (χ2v) is 6.87. The summed E-state index contributed by atoms with van der Waals surface area (Å²) in [4.78, 5) is 7.21. The molecule has 3 nitrogen and oxygen atoms in total. The van der Waals surface area contributed by atoms with Crippen molar-refractivity contribution in [3.05, 3.63) is 28.6 Å². The van der Waals surface area contributed by atoms with Crippen LogP contribution in [-0.2, 0) is 0 Å². The van der Waals surface area contributed by atoms with Gasteiger partial charge in [-0.1, -0.05) is 0 Å². The molecule has 0 aromatic carbocycles. The van der Waals surface area contributed by atoms with E-state index in [1.807, 2.05) is 0 Å². The van der Waals surface area contributed by atoms with Gasteiger partial charge in [-0.3, -0.25) is 4.98 Å². The molecule has 0 spiro atoms. The Balaban J connectivity index is 1.98. The first-order valence-electron chi connectivity index (χ1n) is 8.33. The largest absolute Gasteiger partial charge is 0.307 e. The van der Waals surface area contributed by atoms with E-state index in [1.165, 1.54) is 42.8 Å². The van der Waals surface area contributed by atoms with Crippen molar-refractivity contribution in [3.63, 3.8) is 0 Å². The highest BCUT2D eigenvalue weighted by molar-refractivity contribution is 5.33. The van der Waals surface area contributed by atoms with Crippen LogP contribution in [0.5, 0.6) is 0 Å². The number of piperidine rings is 1. The second-order valence-electron chi connectivity index (χ2n) is 6.87. The molecule has 1 aliphatic heterocycles. The minimum Gasteiger partial charge on any atom is -0.307 e. The van der Waals surface area contributed by atoms with Gasteiger partial charge in [0.15, 0.2) is 0 Å². The summed E-state index contributed by atoms with van der Waals surface area (Å²) in [6.07, 6.45) is 2.50. The highest BCUT2D eigenvalue weighted by atomic mass is 15.2. The van der Waals surface area contributed by atoms with Crippen molar-refractivity contribution in [3.8, 4) is 0 Å². The average Bonchev–Trinajstić information content (AvgIpc) is 2.37. The number of nitrogens with zero attached hydrogens (tertiary/aromatic N) is 2. The molecule has 3 heteroatoms. The van der Waals surface area contributed by atoms with Crippen molar-refractivity contribution in [2.75, 3.05) is 13.1 Å². The predicted octanol–water partition coefficient (Wildman–Crippen LogP) is 3.53. The molecule has 1 fully saturated rings. The summed E-state index contributed by atoms with van der Waals surface area (Å²) in [5.41, 5.74) is 5.03. The Morgan fingerprint density at radius 2 is 1.76 bits per heavy atom. The monoisotopic (exact) mass is 289 g/mol. The van der Waals surface area contributed by atoms with Crippen LogP contribution >= 0.6 is 0 Å². The zero-order chi connectivity index (χ0) is 15.6. The topological polar surface area (TPSA) is 28.2 Å². The van der Waals surface area contributed by atoms with Gasteiger partial charge in [-0.25, -0.2) is 0 Å². The van der Waals surface area contributed by atoms with Crippen molar-refractivity contribution in [2.45, 2.75) is 72.5 Å². The zero-order valence-electron chi connectivity index (χ0n) is 14.5. The van der Waals surface area contributed by atoms with Gasteiger partial charge in [0.05, 0.1) is 0 Å². The number of hydrogen-bond donors (Lipinski definition) is 1. The molecule has 0 saturated carbocycles. The highest BCUT2D eigenvalue weighted by Crippen LogP contribution is 2.23. The molecule has 118 valence electrons. The number of likely N-dealkylation sites (tertiary alicyclic amines) is 1. The Kier molecular flexibility index (Phi) is 5.39. The average molecular weight is 289 g/mol. The first kappa shape index (κ1) is 16.4. The molecule has 0 aliphatic carbocycles. The molecular formula is C18H31N3. The van der Waals surface area contributed by atoms with Crippen LogP contribution in [0.25, 0.3) is 0 Å². The van der Waals surface area contributed by atoms with E-state index < -0.39 is 0 Å². The maximum Gasteiger partial charge on any atom is 0.0426 e. The van der Waals surface area contributed by atoms with Gasteiger partial charge in [-0.05, 0) is 84.7 Å². The molecule has 1 aromatic heterocycles. The lowest BCUT2D eigenvalue weighted by Gasteiger charge is -2.36. The molecule has 0 radical (unpaired) electrons. The fourth-order valence-corrected chi connectivity index (χ4v) is 3.71. The molecule has 1 saturated heterocycles. The van der Waals surface area contributed by atoms with Crippen molar-refractivity contribution in [2.24, 2.45) is 0 Å². The maximum absolute atomic E-state index is 4.64. The van der Waals surface area contributed by atoms with Crippen molar-refractivity contribution in [1.29, 1.82) is 0 Å². The van der Waals surface area contributed by atoms with Crippen LogP contribution in [0.4, 0.5) is 0 Å². The molecule has 1 aromatic rings. The summed E-state index contributed by atoms with van der Waals surface area (Å²) in [5, 5.41) is 3.83. The van der Waals surface area contributed by atoms with Gasteiger partial charge in [-0.15, -0.1) is 0 Å². The summed E-state index contributed by atoms with van der Waals surface area (Å²) in [7, 11) is 0. The minimum atomic E-state index is 0.383. The van der Waals surface area contributed by atoms with Gasteiger partial charge in [-0.2, -0.15) is 0 Å². The lowest BCUT2D eigenvalue weighted by atomic mass is 9.97. The lowest BCUT2D eigenvalue weighted by molar-refractivity contribution is 0.157. The number of pyridine rings is 1. The predicted molar refractivity (Wildman–Crippen MR) is 89.7 cm³/mol. The molecular weight excluding hydrogens is 258 g/mol. The number of hydrogen-bond acceptors (Lipinski definition) is 3. The third-order valence-electron chi connectivity index (χ3n) is 4.76. The highest BCUT2D eigenvalue weighted by Gasteiger charge is 2.23. The van der Waals surface area contributed by atoms with Gasteiger partial charge in [0.1, 0.15) is 0 Å². The first-order chi connectivity index (χ1) is 9.88. The van der Waals surface area contributed by atoms with E-state index in [1.54, 1.807) is 0 Å². The van der Waals surface area contributed by atoms with Crippen LogP contribution in [0.15, 0.2) is 6.07 Å². The van der Waals surface area contributed by atoms with E-state index in [2.05, 4.69) is 62.8 Å². The van der Waals surface area contributed by atoms with E-state index in [0.717, 1.165) is 5.69 Å². The van der Waals surface area contributed by atoms with Crippen molar-refractivity contribution in [1.82, 2.24) is 15.2 Å². The van der Waals surface area contributed by atoms with Crippen LogP contribution in [0.3, 0.4) is 0 Å². The molecule has 0 bridgehead atoms. The number of aromatic nitrogens is 1. The van der Waals surface area contributed by atoms with Gasteiger partial charge >= 0.3 is 0 Å². The van der Waals surface area contributed by atoms with E-state index >= 15 is 0 Å². The normalized spacial score (nSPS) is 19.2. The fraction of sp³-hybridized carbons (Fsp3) is 0.722. The quantitative estimate of drug-likeness (QED) is 0.919. The minimum absolute atomic E-state index is 0.383. The summed E-state index contributed by atoms with van der Waals surface area (Å²) in [6, 6.07) is 3.89. The molecule has 21 heavy (non-hydrogen) atoms. The molecule has 1 unspecified atom stereocenters. The zero-order valence-corrected chi connectivity index (χ0v) is 14.5. The van der Waals surface area contributed by atoms with Gasteiger partial charge in [0, 0.05) is 29.5 Å². The maximum atomic E-state index is 4.64. The SMILES string of the molecule is Cc1cc(C)c(C(C)NC2CCN(C(C)C)CC2)c(C)n1. The van der Waals surface area contributed by atoms with E-state index in [-0.39, 0.29) is 0 Å². The third-order valence-corrected chi connectivity index (χ3v) is 4.76. The summed E-state index contributed by atoms with van der Waals surface area (Å²) < 4.78 is 0. The van der Waals surface area contributed by atoms with Crippen molar-refractivity contribution >= 4 is 0 Å². The molecule has 1 N–H and O–H groups in total. The summed E-state index contributed by atoms with van der Waals surface area (Å²) >= 11 is 0.